The largest absolute Gasteiger partial charge is 0.350 e. The second kappa shape index (κ2) is 10.9. The van der Waals surface area contributed by atoms with Crippen LogP contribution >= 0.6 is 24.8 Å². The maximum absolute atomic E-state index is 13.0. The Labute approximate surface area is 157 Å². The van der Waals surface area contributed by atoms with Gasteiger partial charge in [0.1, 0.15) is 5.54 Å². The molecule has 0 aromatic carbocycles. The molecule has 1 aromatic rings. The van der Waals surface area contributed by atoms with Gasteiger partial charge in [-0.3, -0.25) is 9.48 Å². The van der Waals surface area contributed by atoms with Crippen LogP contribution in [0, 0.1) is 0 Å². The van der Waals surface area contributed by atoms with Crippen LogP contribution in [-0.2, 0) is 10.3 Å². The fraction of sp³-hybridized carbons (Fsp3) is 0.750. The van der Waals surface area contributed by atoms with E-state index in [-0.39, 0.29) is 36.8 Å². The summed E-state index contributed by atoms with van der Waals surface area (Å²) in [5.41, 5.74) is -0.549. The van der Waals surface area contributed by atoms with Gasteiger partial charge in [0.15, 0.2) is 0 Å². The molecule has 140 valence electrons. The van der Waals surface area contributed by atoms with Crippen LogP contribution < -0.4 is 10.6 Å². The van der Waals surface area contributed by atoms with Crippen LogP contribution in [0.1, 0.15) is 33.6 Å². The quantitative estimate of drug-likeness (QED) is 0.755. The van der Waals surface area contributed by atoms with Gasteiger partial charge in [0, 0.05) is 25.0 Å². The van der Waals surface area contributed by atoms with Crippen molar-refractivity contribution in [2.45, 2.75) is 45.2 Å². The number of piperidine rings is 1. The van der Waals surface area contributed by atoms with Crippen molar-refractivity contribution in [1.82, 2.24) is 25.3 Å². The van der Waals surface area contributed by atoms with Crippen molar-refractivity contribution in [2.75, 3.05) is 32.7 Å². The number of halogens is 2. The van der Waals surface area contributed by atoms with E-state index in [1.807, 2.05) is 16.9 Å². The SMILES string of the molecule is CCN(CC)CC(C)NC(=O)C1(n2cccn2)CCNCC1.Cl.Cl. The first-order valence-corrected chi connectivity index (χ1v) is 8.36. The molecule has 0 saturated carbocycles. The summed E-state index contributed by atoms with van der Waals surface area (Å²) >= 11 is 0. The maximum atomic E-state index is 13.0. The molecule has 0 radical (unpaired) electrons. The molecule has 1 fully saturated rings. The van der Waals surface area contributed by atoms with Crippen molar-refractivity contribution in [1.29, 1.82) is 0 Å². The van der Waals surface area contributed by atoms with Crippen molar-refractivity contribution < 1.29 is 4.79 Å². The molecule has 1 amide bonds. The lowest BCUT2D eigenvalue weighted by Crippen LogP contribution is -2.57. The minimum Gasteiger partial charge on any atom is -0.350 e. The van der Waals surface area contributed by atoms with Gasteiger partial charge in [-0.05, 0) is 52.0 Å². The summed E-state index contributed by atoms with van der Waals surface area (Å²) in [5, 5.41) is 10.9. The van der Waals surface area contributed by atoms with Crippen LogP contribution in [0.25, 0.3) is 0 Å². The molecule has 1 aliphatic heterocycles. The zero-order valence-corrected chi connectivity index (χ0v) is 16.5. The van der Waals surface area contributed by atoms with E-state index in [0.29, 0.717) is 0 Å². The third kappa shape index (κ3) is 5.34. The van der Waals surface area contributed by atoms with Gasteiger partial charge in [0.2, 0.25) is 5.91 Å². The van der Waals surface area contributed by atoms with Crippen LogP contribution in [-0.4, -0.2) is 59.4 Å². The fourth-order valence-corrected chi connectivity index (χ4v) is 3.20. The number of rotatable bonds is 7. The van der Waals surface area contributed by atoms with Crippen LogP contribution in [0.3, 0.4) is 0 Å². The highest BCUT2D eigenvalue weighted by Crippen LogP contribution is 2.27. The van der Waals surface area contributed by atoms with E-state index in [1.54, 1.807) is 6.20 Å². The number of carbonyl (C=O) groups excluding carboxylic acids is 1. The van der Waals surface area contributed by atoms with Gasteiger partial charge in [-0.25, -0.2) is 0 Å². The minimum atomic E-state index is -0.549. The molecule has 24 heavy (non-hydrogen) atoms. The minimum absolute atomic E-state index is 0. The number of amides is 1. The van der Waals surface area contributed by atoms with Gasteiger partial charge < -0.3 is 15.5 Å². The van der Waals surface area contributed by atoms with Crippen molar-refractivity contribution in [2.24, 2.45) is 0 Å². The van der Waals surface area contributed by atoms with E-state index in [0.717, 1.165) is 45.6 Å². The lowest BCUT2D eigenvalue weighted by atomic mass is 9.87. The average Bonchev–Trinajstić information content (AvgIpc) is 3.08. The van der Waals surface area contributed by atoms with Gasteiger partial charge >= 0.3 is 0 Å². The molecular formula is C16H31Cl2N5O. The van der Waals surface area contributed by atoms with Gasteiger partial charge in [0.05, 0.1) is 0 Å². The molecule has 8 heteroatoms. The van der Waals surface area contributed by atoms with Crippen molar-refractivity contribution in [3.63, 3.8) is 0 Å². The topological polar surface area (TPSA) is 62.2 Å². The number of likely N-dealkylation sites (N-methyl/N-ethyl adjacent to an activating group) is 1. The second-order valence-corrected chi connectivity index (χ2v) is 6.09. The van der Waals surface area contributed by atoms with Gasteiger partial charge in [-0.2, -0.15) is 5.10 Å². The first-order chi connectivity index (χ1) is 10.6. The Kier molecular flexibility index (Phi) is 10.6. The molecule has 0 spiro atoms. The smallest absolute Gasteiger partial charge is 0.248 e. The Hall–Kier alpha value is -0.820. The van der Waals surface area contributed by atoms with Gasteiger partial charge in [0.25, 0.3) is 0 Å². The van der Waals surface area contributed by atoms with Crippen LogP contribution in [0.4, 0.5) is 0 Å². The third-order valence-electron chi connectivity index (χ3n) is 4.60. The highest BCUT2D eigenvalue weighted by molar-refractivity contribution is 5.86. The average molecular weight is 380 g/mol. The summed E-state index contributed by atoms with van der Waals surface area (Å²) in [4.78, 5) is 15.3. The Morgan fingerprint density at radius 2 is 1.96 bits per heavy atom. The Morgan fingerprint density at radius 3 is 2.46 bits per heavy atom. The van der Waals surface area contributed by atoms with Crippen LogP contribution in [0.5, 0.6) is 0 Å². The normalized spacial score (nSPS) is 17.5. The first kappa shape index (κ1) is 23.2. The molecule has 1 atom stereocenters. The van der Waals surface area contributed by atoms with Crippen LogP contribution in [0.15, 0.2) is 18.5 Å². The summed E-state index contributed by atoms with van der Waals surface area (Å²) in [6.45, 7) is 11.0. The highest BCUT2D eigenvalue weighted by atomic mass is 35.5. The molecule has 6 nitrogen and oxygen atoms in total. The first-order valence-electron chi connectivity index (χ1n) is 8.36. The van der Waals surface area contributed by atoms with Crippen LogP contribution in [0.2, 0.25) is 0 Å². The summed E-state index contributed by atoms with van der Waals surface area (Å²) < 4.78 is 1.84. The number of nitrogens with zero attached hydrogens (tertiary/aromatic N) is 3. The molecule has 0 aliphatic carbocycles. The number of aromatic nitrogens is 2. The van der Waals surface area contributed by atoms with Crippen molar-refractivity contribution in [3.8, 4) is 0 Å². The molecule has 1 aromatic heterocycles. The molecule has 0 bridgehead atoms. The van der Waals surface area contributed by atoms with E-state index in [1.165, 1.54) is 0 Å². The Morgan fingerprint density at radius 1 is 1.33 bits per heavy atom. The van der Waals surface area contributed by atoms with E-state index < -0.39 is 5.54 Å². The molecular weight excluding hydrogens is 349 g/mol. The van der Waals surface area contributed by atoms with E-state index >= 15 is 0 Å². The molecule has 1 unspecified atom stereocenters. The lowest BCUT2D eigenvalue weighted by molar-refractivity contribution is -0.132. The van der Waals surface area contributed by atoms with E-state index in [2.05, 4.69) is 41.4 Å². The zero-order valence-electron chi connectivity index (χ0n) is 14.8. The number of carbonyl (C=O) groups is 1. The summed E-state index contributed by atoms with van der Waals surface area (Å²) in [7, 11) is 0. The lowest BCUT2D eigenvalue weighted by Gasteiger charge is -2.37. The molecule has 2 heterocycles. The number of nitrogens with one attached hydrogen (secondary N) is 2. The predicted octanol–water partition coefficient (Wildman–Crippen LogP) is 1.65. The van der Waals surface area contributed by atoms with Gasteiger partial charge in [-0.1, -0.05) is 13.8 Å². The maximum Gasteiger partial charge on any atom is 0.248 e. The Bertz CT molecular complexity index is 459. The highest BCUT2D eigenvalue weighted by Gasteiger charge is 2.42. The molecule has 1 aliphatic rings. The van der Waals surface area contributed by atoms with Crippen molar-refractivity contribution >= 4 is 30.7 Å². The molecule has 2 rings (SSSR count). The second-order valence-electron chi connectivity index (χ2n) is 6.09. The third-order valence-corrected chi connectivity index (χ3v) is 4.60. The summed E-state index contributed by atoms with van der Waals surface area (Å²) in [5.74, 6) is 0.0948. The van der Waals surface area contributed by atoms with Gasteiger partial charge in [-0.15, -0.1) is 24.8 Å². The molecule has 1 saturated heterocycles. The van der Waals surface area contributed by atoms with E-state index in [4.69, 9.17) is 0 Å². The summed E-state index contributed by atoms with van der Waals surface area (Å²) in [6, 6.07) is 2.02. The predicted molar refractivity (Wildman–Crippen MR) is 102 cm³/mol. The molecule has 2 N–H and O–H groups in total. The summed E-state index contributed by atoms with van der Waals surface area (Å²) in [6.07, 6.45) is 5.20. The number of hydrogen-bond donors (Lipinski definition) is 2. The zero-order chi connectivity index (χ0) is 16.0. The van der Waals surface area contributed by atoms with Crippen molar-refractivity contribution in [3.05, 3.63) is 18.5 Å². The standard InChI is InChI=1S/C16H29N5O.2ClH/c1-4-20(5-2)13-14(3)19-15(22)16(7-10-17-11-8-16)21-12-6-9-18-21;;/h6,9,12,14,17H,4-5,7-8,10-11,13H2,1-3H3,(H,19,22);2*1H. The fourth-order valence-electron chi connectivity index (χ4n) is 3.20. The monoisotopic (exact) mass is 379 g/mol. The number of hydrogen-bond acceptors (Lipinski definition) is 4. The van der Waals surface area contributed by atoms with E-state index in [9.17, 15) is 4.79 Å². The Balaban J connectivity index is 0.00000264.